The lowest BCUT2D eigenvalue weighted by Crippen LogP contribution is -2.39. The maximum atomic E-state index is 12.6. The van der Waals surface area contributed by atoms with Crippen LogP contribution >= 0.6 is 0 Å². The van der Waals surface area contributed by atoms with E-state index in [4.69, 9.17) is 20.4 Å². The van der Waals surface area contributed by atoms with Gasteiger partial charge in [-0.2, -0.15) is 0 Å². The maximum Gasteiger partial charge on any atom is 0.189 e. The van der Waals surface area contributed by atoms with Crippen LogP contribution in [0.1, 0.15) is 0 Å². The van der Waals surface area contributed by atoms with Gasteiger partial charge in [0.25, 0.3) is 0 Å². The first-order valence-electron chi connectivity index (χ1n) is 3.52. The molecule has 5 atom stereocenters. The third-order valence-corrected chi connectivity index (χ3v) is 1.80. The Hall–Kier alpha value is -0.270. The SMILES string of the molecule is OC[C@@H](O)[C@H]1O[C@H](O)[C@H]([18F])[C@H]1O. The zero-order valence-corrected chi connectivity index (χ0v) is 6.17. The molecule has 0 aromatic carbocycles. The highest BCUT2D eigenvalue weighted by atomic mass is 18.2. The highest BCUT2D eigenvalue weighted by Crippen LogP contribution is 2.24. The van der Waals surface area contributed by atoms with Crippen LogP contribution in [0.25, 0.3) is 0 Å². The molecule has 1 aliphatic rings. The molecule has 0 amide bonds. The fraction of sp³-hybridized carbons (Fsp3) is 1.00. The molecule has 0 aromatic heterocycles. The number of rotatable bonds is 2. The van der Waals surface area contributed by atoms with Gasteiger partial charge in [-0.15, -0.1) is 0 Å². The lowest BCUT2D eigenvalue weighted by Gasteiger charge is -2.17. The summed E-state index contributed by atoms with van der Waals surface area (Å²) in [7, 11) is 0. The zero-order valence-electron chi connectivity index (χ0n) is 6.17. The van der Waals surface area contributed by atoms with E-state index in [9.17, 15) is 4.39 Å². The third kappa shape index (κ3) is 1.57. The van der Waals surface area contributed by atoms with E-state index in [1.807, 2.05) is 0 Å². The van der Waals surface area contributed by atoms with Gasteiger partial charge in [-0.05, 0) is 0 Å². The Morgan fingerprint density at radius 3 is 2.33 bits per heavy atom. The predicted molar refractivity (Wildman–Crippen MR) is 34.9 cm³/mol. The summed E-state index contributed by atoms with van der Waals surface area (Å²) < 4.78 is 17.1. The number of ether oxygens (including phenoxy) is 1. The van der Waals surface area contributed by atoms with E-state index in [2.05, 4.69) is 4.74 Å². The van der Waals surface area contributed by atoms with Crippen molar-refractivity contribution in [1.29, 1.82) is 0 Å². The van der Waals surface area contributed by atoms with E-state index in [1.165, 1.54) is 0 Å². The molecule has 12 heavy (non-hydrogen) atoms. The molecule has 0 radical (unpaired) electrons. The second kappa shape index (κ2) is 3.63. The van der Waals surface area contributed by atoms with Crippen LogP contribution in [-0.2, 0) is 4.74 Å². The summed E-state index contributed by atoms with van der Waals surface area (Å²) in [6, 6.07) is 0. The summed E-state index contributed by atoms with van der Waals surface area (Å²) in [4.78, 5) is 0. The van der Waals surface area contributed by atoms with E-state index in [0.717, 1.165) is 0 Å². The maximum absolute atomic E-state index is 12.6. The Morgan fingerprint density at radius 2 is 2.00 bits per heavy atom. The van der Waals surface area contributed by atoms with Crippen molar-refractivity contribution in [3.63, 3.8) is 0 Å². The van der Waals surface area contributed by atoms with E-state index in [0.29, 0.717) is 0 Å². The number of hydrogen-bond donors (Lipinski definition) is 4. The fourth-order valence-corrected chi connectivity index (χ4v) is 1.09. The van der Waals surface area contributed by atoms with Gasteiger partial charge in [-0.1, -0.05) is 0 Å². The quantitative estimate of drug-likeness (QED) is 0.386. The molecule has 72 valence electrons. The molecule has 0 spiro atoms. The molecule has 1 fully saturated rings. The van der Waals surface area contributed by atoms with Crippen molar-refractivity contribution in [1.82, 2.24) is 0 Å². The average Bonchev–Trinajstić information content (AvgIpc) is 2.32. The number of hydrogen-bond acceptors (Lipinski definition) is 5. The molecule has 0 aliphatic carbocycles. The molecule has 1 aliphatic heterocycles. The second-order valence-corrected chi connectivity index (χ2v) is 2.68. The van der Waals surface area contributed by atoms with E-state index >= 15 is 0 Å². The Morgan fingerprint density at radius 1 is 1.42 bits per heavy atom. The Balaban J connectivity index is 2.58. The standard InChI is InChI=1S/C6H11FO5/c7-3-4(10)5(2(9)1-8)12-6(3)11/h2-6,8-11H,1H2/t2-,3-,4-,5-,6+/m1/s1/i7-1. The molecular formula is C6H11FO5. The van der Waals surface area contributed by atoms with Gasteiger partial charge in [-0.3, -0.25) is 0 Å². The minimum absolute atomic E-state index is 0.652. The van der Waals surface area contributed by atoms with Crippen LogP contribution in [0.2, 0.25) is 0 Å². The van der Waals surface area contributed by atoms with Crippen LogP contribution in [-0.4, -0.2) is 57.8 Å². The largest absolute Gasteiger partial charge is 0.394 e. The summed E-state index contributed by atoms with van der Waals surface area (Å²) in [6.07, 6.45) is -7.90. The summed E-state index contributed by atoms with van der Waals surface area (Å²) in [5.41, 5.74) is 0. The summed E-state index contributed by atoms with van der Waals surface area (Å²) in [5, 5.41) is 35.1. The Labute approximate surface area is 68.0 Å². The molecule has 1 heterocycles. The molecule has 1 rings (SSSR count). The Bertz CT molecular complexity index is 155. The second-order valence-electron chi connectivity index (χ2n) is 2.68. The van der Waals surface area contributed by atoms with Crippen molar-refractivity contribution < 1.29 is 29.6 Å². The smallest absolute Gasteiger partial charge is 0.189 e. The normalized spacial score (nSPS) is 44.8. The average molecular weight is 181 g/mol. The van der Waals surface area contributed by atoms with Gasteiger partial charge >= 0.3 is 0 Å². The highest BCUT2D eigenvalue weighted by molar-refractivity contribution is 4.89. The van der Waals surface area contributed by atoms with Crippen molar-refractivity contribution >= 4 is 0 Å². The van der Waals surface area contributed by atoms with Crippen LogP contribution in [0.4, 0.5) is 4.39 Å². The van der Waals surface area contributed by atoms with Gasteiger partial charge in [-0.25, -0.2) is 4.39 Å². The lowest BCUT2D eigenvalue weighted by atomic mass is 10.1. The van der Waals surface area contributed by atoms with E-state index in [1.54, 1.807) is 0 Å². The lowest BCUT2D eigenvalue weighted by molar-refractivity contribution is -0.143. The van der Waals surface area contributed by atoms with Gasteiger partial charge in [0.05, 0.1) is 6.61 Å². The van der Waals surface area contributed by atoms with E-state index in [-0.39, 0.29) is 0 Å². The van der Waals surface area contributed by atoms with Crippen LogP contribution in [0, 0.1) is 0 Å². The fourth-order valence-electron chi connectivity index (χ4n) is 1.09. The Kier molecular flexibility index (Phi) is 2.97. The minimum atomic E-state index is -1.93. The number of halogens is 1. The number of aliphatic hydroxyl groups excluding tert-OH is 4. The molecular weight excluding hydrogens is 170 g/mol. The summed E-state index contributed by atoms with van der Waals surface area (Å²) >= 11 is 0. The highest BCUT2D eigenvalue weighted by Gasteiger charge is 2.46. The first kappa shape index (κ1) is 9.82. The van der Waals surface area contributed by atoms with Crippen molar-refractivity contribution in [2.24, 2.45) is 0 Å². The predicted octanol–water partition coefficient (Wildman–Crippen LogP) is -2.24. The monoisotopic (exact) mass is 181 g/mol. The van der Waals surface area contributed by atoms with Crippen LogP contribution in [0.3, 0.4) is 0 Å². The van der Waals surface area contributed by atoms with Crippen LogP contribution in [0.15, 0.2) is 0 Å². The van der Waals surface area contributed by atoms with Crippen molar-refractivity contribution in [2.45, 2.75) is 30.8 Å². The molecule has 0 unspecified atom stereocenters. The summed E-state index contributed by atoms with van der Waals surface area (Å²) in [6.45, 7) is -0.652. The first-order chi connectivity index (χ1) is 5.57. The van der Waals surface area contributed by atoms with E-state index < -0.39 is 37.4 Å². The van der Waals surface area contributed by atoms with Gasteiger partial charge in [0, 0.05) is 0 Å². The van der Waals surface area contributed by atoms with Crippen molar-refractivity contribution in [2.75, 3.05) is 6.61 Å². The van der Waals surface area contributed by atoms with Gasteiger partial charge in [0.2, 0.25) is 0 Å². The van der Waals surface area contributed by atoms with Gasteiger partial charge in [0.1, 0.15) is 18.3 Å². The molecule has 0 aromatic rings. The number of aliphatic hydroxyl groups is 4. The molecule has 4 N–H and O–H groups in total. The van der Waals surface area contributed by atoms with Gasteiger partial charge < -0.3 is 25.2 Å². The zero-order chi connectivity index (χ0) is 9.30. The van der Waals surface area contributed by atoms with Gasteiger partial charge in [0.15, 0.2) is 12.5 Å². The molecule has 5 nitrogen and oxygen atoms in total. The third-order valence-electron chi connectivity index (χ3n) is 1.80. The molecule has 6 heteroatoms. The van der Waals surface area contributed by atoms with Crippen LogP contribution < -0.4 is 0 Å². The van der Waals surface area contributed by atoms with Crippen molar-refractivity contribution in [3.8, 4) is 0 Å². The van der Waals surface area contributed by atoms with Crippen LogP contribution in [0.5, 0.6) is 0 Å². The topological polar surface area (TPSA) is 90.2 Å². The molecule has 1 saturated heterocycles. The van der Waals surface area contributed by atoms with Crippen molar-refractivity contribution in [3.05, 3.63) is 0 Å². The number of alkyl halides is 1. The minimum Gasteiger partial charge on any atom is -0.394 e. The summed E-state index contributed by atoms with van der Waals surface area (Å²) in [5.74, 6) is 0. The first-order valence-corrected chi connectivity index (χ1v) is 3.52. The molecule has 0 saturated carbocycles. The molecule has 0 bridgehead atoms.